The van der Waals surface area contributed by atoms with Crippen LogP contribution in [0.25, 0.3) is 0 Å². The van der Waals surface area contributed by atoms with Gasteiger partial charge in [0, 0.05) is 31.2 Å². The summed E-state index contributed by atoms with van der Waals surface area (Å²) in [7, 11) is 0. The smallest absolute Gasteiger partial charge is 0.237 e. The Labute approximate surface area is 110 Å². The first-order valence-corrected chi connectivity index (χ1v) is 7.40. The molecular formula is C14H27N3O. The highest BCUT2D eigenvalue weighted by Gasteiger charge is 2.35. The minimum absolute atomic E-state index is 0.0804. The SMILES string of the molecule is CCC(C)NC(=O)C(C)NC1CCN(C2CC2)C1. The lowest BCUT2D eigenvalue weighted by atomic mass is 10.2. The van der Waals surface area contributed by atoms with Crippen LogP contribution in [-0.4, -0.2) is 48.1 Å². The Hall–Kier alpha value is -0.610. The fraction of sp³-hybridized carbons (Fsp3) is 0.929. The second-order valence-corrected chi connectivity index (χ2v) is 5.92. The van der Waals surface area contributed by atoms with E-state index in [1.807, 2.05) is 6.92 Å². The number of amides is 1. The molecule has 3 unspecified atom stereocenters. The minimum Gasteiger partial charge on any atom is -0.352 e. The number of hydrogen-bond donors (Lipinski definition) is 2. The summed E-state index contributed by atoms with van der Waals surface area (Å²) in [6.07, 6.45) is 4.91. The minimum atomic E-state index is -0.0804. The second kappa shape index (κ2) is 6.02. The van der Waals surface area contributed by atoms with Crippen molar-refractivity contribution in [2.45, 2.75) is 70.6 Å². The molecule has 2 N–H and O–H groups in total. The standard InChI is InChI=1S/C14H27N3O/c1-4-10(2)15-14(18)11(3)16-12-7-8-17(9-12)13-5-6-13/h10-13,16H,4-9H2,1-3H3,(H,15,18). The molecule has 1 heterocycles. The first-order chi connectivity index (χ1) is 8.60. The Balaban J connectivity index is 1.70. The molecule has 2 aliphatic rings. The zero-order valence-corrected chi connectivity index (χ0v) is 11.9. The maximum Gasteiger partial charge on any atom is 0.237 e. The van der Waals surface area contributed by atoms with E-state index in [0.29, 0.717) is 6.04 Å². The summed E-state index contributed by atoms with van der Waals surface area (Å²) < 4.78 is 0. The first kappa shape index (κ1) is 13.8. The van der Waals surface area contributed by atoms with Gasteiger partial charge in [0.1, 0.15) is 0 Å². The molecule has 1 aliphatic carbocycles. The summed E-state index contributed by atoms with van der Waals surface area (Å²) in [5.41, 5.74) is 0. The summed E-state index contributed by atoms with van der Waals surface area (Å²) >= 11 is 0. The monoisotopic (exact) mass is 253 g/mol. The van der Waals surface area contributed by atoms with Crippen LogP contribution in [0.1, 0.15) is 46.5 Å². The lowest BCUT2D eigenvalue weighted by Crippen LogP contribution is -2.49. The highest BCUT2D eigenvalue weighted by atomic mass is 16.2. The van der Waals surface area contributed by atoms with E-state index in [-0.39, 0.29) is 18.0 Å². The molecule has 0 aromatic heterocycles. The van der Waals surface area contributed by atoms with Gasteiger partial charge >= 0.3 is 0 Å². The highest BCUT2D eigenvalue weighted by Crippen LogP contribution is 2.29. The first-order valence-electron chi connectivity index (χ1n) is 7.40. The lowest BCUT2D eigenvalue weighted by Gasteiger charge is -2.21. The van der Waals surface area contributed by atoms with Gasteiger partial charge in [0.15, 0.2) is 0 Å². The van der Waals surface area contributed by atoms with Gasteiger partial charge in [0.25, 0.3) is 0 Å². The lowest BCUT2D eigenvalue weighted by molar-refractivity contribution is -0.123. The third kappa shape index (κ3) is 3.69. The topological polar surface area (TPSA) is 44.4 Å². The zero-order chi connectivity index (χ0) is 13.1. The van der Waals surface area contributed by atoms with E-state index in [2.05, 4.69) is 29.4 Å². The maximum atomic E-state index is 11.9. The predicted octanol–water partition coefficient (Wildman–Crippen LogP) is 1.12. The van der Waals surface area contributed by atoms with Gasteiger partial charge in [0.05, 0.1) is 6.04 Å². The van der Waals surface area contributed by atoms with Crippen LogP contribution >= 0.6 is 0 Å². The second-order valence-electron chi connectivity index (χ2n) is 5.92. The van der Waals surface area contributed by atoms with Gasteiger partial charge in [-0.15, -0.1) is 0 Å². The van der Waals surface area contributed by atoms with E-state index >= 15 is 0 Å². The van der Waals surface area contributed by atoms with Crippen molar-refractivity contribution in [3.63, 3.8) is 0 Å². The van der Waals surface area contributed by atoms with Gasteiger partial charge < -0.3 is 10.6 Å². The molecule has 3 atom stereocenters. The van der Waals surface area contributed by atoms with E-state index < -0.39 is 0 Å². The van der Waals surface area contributed by atoms with Gasteiger partial charge in [-0.2, -0.15) is 0 Å². The van der Waals surface area contributed by atoms with Crippen LogP contribution in [0.3, 0.4) is 0 Å². The zero-order valence-electron chi connectivity index (χ0n) is 11.9. The number of rotatable bonds is 6. The van der Waals surface area contributed by atoms with Crippen molar-refractivity contribution >= 4 is 5.91 Å². The van der Waals surface area contributed by atoms with Crippen LogP contribution in [0.4, 0.5) is 0 Å². The van der Waals surface area contributed by atoms with Crippen molar-refractivity contribution in [3.05, 3.63) is 0 Å². The quantitative estimate of drug-likeness (QED) is 0.745. The normalized spacial score (nSPS) is 28.1. The van der Waals surface area contributed by atoms with Crippen LogP contribution in [0.5, 0.6) is 0 Å². The summed E-state index contributed by atoms with van der Waals surface area (Å²) in [6, 6.07) is 1.53. The molecule has 0 aromatic rings. The van der Waals surface area contributed by atoms with Gasteiger partial charge in [-0.05, 0) is 39.5 Å². The third-order valence-corrected chi connectivity index (χ3v) is 4.16. The molecule has 18 heavy (non-hydrogen) atoms. The van der Waals surface area contributed by atoms with Crippen LogP contribution in [-0.2, 0) is 4.79 Å². The van der Waals surface area contributed by atoms with Gasteiger partial charge in [0.2, 0.25) is 5.91 Å². The summed E-state index contributed by atoms with van der Waals surface area (Å²) in [5, 5.41) is 6.50. The molecule has 1 saturated heterocycles. The Kier molecular flexibility index (Phi) is 4.62. The van der Waals surface area contributed by atoms with Gasteiger partial charge in [-0.25, -0.2) is 0 Å². The van der Waals surface area contributed by atoms with Crippen molar-refractivity contribution in [1.82, 2.24) is 15.5 Å². The molecule has 2 rings (SSSR count). The van der Waals surface area contributed by atoms with Gasteiger partial charge in [-0.3, -0.25) is 9.69 Å². The molecule has 0 radical (unpaired) electrons. The third-order valence-electron chi connectivity index (χ3n) is 4.16. The highest BCUT2D eigenvalue weighted by molar-refractivity contribution is 5.81. The Bertz CT molecular complexity index is 291. The average Bonchev–Trinajstić information content (AvgIpc) is 3.10. The van der Waals surface area contributed by atoms with Crippen LogP contribution in [0.15, 0.2) is 0 Å². The van der Waals surface area contributed by atoms with Crippen LogP contribution in [0.2, 0.25) is 0 Å². The Morgan fingerprint density at radius 3 is 2.67 bits per heavy atom. The van der Waals surface area contributed by atoms with E-state index in [4.69, 9.17) is 0 Å². The molecule has 1 saturated carbocycles. The number of carbonyl (C=O) groups is 1. The molecule has 2 fully saturated rings. The molecule has 4 nitrogen and oxygen atoms in total. The molecule has 1 aliphatic heterocycles. The van der Waals surface area contributed by atoms with E-state index in [9.17, 15) is 4.79 Å². The van der Waals surface area contributed by atoms with Crippen molar-refractivity contribution in [2.75, 3.05) is 13.1 Å². The molecule has 1 amide bonds. The molecule has 0 spiro atoms. The molecule has 0 aromatic carbocycles. The Morgan fingerprint density at radius 2 is 2.06 bits per heavy atom. The Morgan fingerprint density at radius 1 is 1.33 bits per heavy atom. The van der Waals surface area contributed by atoms with Crippen molar-refractivity contribution in [1.29, 1.82) is 0 Å². The molecule has 4 heteroatoms. The summed E-state index contributed by atoms with van der Waals surface area (Å²) in [4.78, 5) is 14.5. The molecule has 0 bridgehead atoms. The van der Waals surface area contributed by atoms with Gasteiger partial charge in [-0.1, -0.05) is 6.92 Å². The number of likely N-dealkylation sites (tertiary alicyclic amines) is 1. The molecule has 104 valence electrons. The van der Waals surface area contributed by atoms with Crippen molar-refractivity contribution < 1.29 is 4.79 Å². The largest absolute Gasteiger partial charge is 0.352 e. The fourth-order valence-electron chi connectivity index (χ4n) is 2.59. The van der Waals surface area contributed by atoms with Crippen LogP contribution < -0.4 is 10.6 Å². The number of carbonyl (C=O) groups excluding carboxylic acids is 1. The van der Waals surface area contributed by atoms with Crippen molar-refractivity contribution in [2.24, 2.45) is 0 Å². The molecular weight excluding hydrogens is 226 g/mol. The summed E-state index contributed by atoms with van der Waals surface area (Å²) in [5.74, 6) is 0.134. The van der Waals surface area contributed by atoms with Crippen LogP contribution in [0, 0.1) is 0 Å². The predicted molar refractivity (Wildman–Crippen MR) is 73.5 cm³/mol. The maximum absolute atomic E-state index is 11.9. The summed E-state index contributed by atoms with van der Waals surface area (Å²) in [6.45, 7) is 8.42. The average molecular weight is 253 g/mol. The number of nitrogens with zero attached hydrogens (tertiary/aromatic N) is 1. The van der Waals surface area contributed by atoms with E-state index in [1.54, 1.807) is 0 Å². The fourth-order valence-corrected chi connectivity index (χ4v) is 2.59. The number of nitrogens with one attached hydrogen (secondary N) is 2. The van der Waals surface area contributed by atoms with E-state index in [0.717, 1.165) is 19.0 Å². The van der Waals surface area contributed by atoms with E-state index in [1.165, 1.54) is 25.8 Å². The number of hydrogen-bond acceptors (Lipinski definition) is 3. The van der Waals surface area contributed by atoms with Crippen molar-refractivity contribution in [3.8, 4) is 0 Å².